The van der Waals surface area contributed by atoms with E-state index in [-0.39, 0.29) is 0 Å². The van der Waals surface area contributed by atoms with Gasteiger partial charge in [0.05, 0.1) is 18.1 Å². The predicted octanol–water partition coefficient (Wildman–Crippen LogP) is 3.67. The van der Waals surface area contributed by atoms with E-state index in [1.54, 1.807) is 12.3 Å². The third-order valence-electron chi connectivity index (χ3n) is 1.59. The molecule has 2 aromatic heterocycles. The SMILES string of the molecule is Clc1cnc(SCc2ccc(Cl)o2)cn1. The number of halogens is 2. The number of aromatic nitrogens is 2. The Morgan fingerprint density at radius 1 is 1.20 bits per heavy atom. The van der Waals surface area contributed by atoms with Crippen LogP contribution in [0.5, 0.6) is 0 Å². The maximum atomic E-state index is 5.64. The number of thioether (sulfide) groups is 1. The number of rotatable bonds is 3. The van der Waals surface area contributed by atoms with Gasteiger partial charge in [0.2, 0.25) is 0 Å². The molecule has 2 rings (SSSR count). The van der Waals surface area contributed by atoms with Crippen molar-refractivity contribution in [1.82, 2.24) is 9.97 Å². The van der Waals surface area contributed by atoms with E-state index in [1.165, 1.54) is 18.0 Å². The van der Waals surface area contributed by atoms with Crippen LogP contribution < -0.4 is 0 Å². The van der Waals surface area contributed by atoms with E-state index in [0.717, 1.165) is 10.8 Å². The summed E-state index contributed by atoms with van der Waals surface area (Å²) in [6.45, 7) is 0. The van der Waals surface area contributed by atoms with Gasteiger partial charge in [-0.15, -0.1) is 0 Å². The van der Waals surface area contributed by atoms with Gasteiger partial charge in [0.1, 0.15) is 15.9 Å². The van der Waals surface area contributed by atoms with Crippen LogP contribution in [0.25, 0.3) is 0 Å². The Labute approximate surface area is 101 Å². The summed E-state index contributed by atoms with van der Waals surface area (Å²) < 4.78 is 5.20. The molecular formula is C9H6Cl2N2OS. The number of nitrogens with zero attached hydrogens (tertiary/aromatic N) is 2. The van der Waals surface area contributed by atoms with Gasteiger partial charge in [0.25, 0.3) is 0 Å². The fourth-order valence-corrected chi connectivity index (χ4v) is 1.91. The standard InChI is InChI=1S/C9H6Cl2N2OS/c10-7-3-13-9(4-12-7)15-5-6-1-2-8(11)14-6/h1-4H,5H2. The first-order valence-corrected chi connectivity index (χ1v) is 5.83. The minimum absolute atomic E-state index is 0.389. The van der Waals surface area contributed by atoms with Crippen LogP contribution in [0.15, 0.2) is 34.0 Å². The Hall–Kier alpha value is -0.710. The van der Waals surface area contributed by atoms with Crippen LogP contribution in [0.4, 0.5) is 0 Å². The fraction of sp³-hybridized carbons (Fsp3) is 0.111. The molecule has 78 valence electrons. The molecule has 0 aliphatic heterocycles. The van der Waals surface area contributed by atoms with Gasteiger partial charge in [-0.05, 0) is 23.7 Å². The summed E-state index contributed by atoms with van der Waals surface area (Å²) in [5.74, 6) is 1.48. The zero-order chi connectivity index (χ0) is 10.7. The van der Waals surface area contributed by atoms with Crippen molar-refractivity contribution in [2.75, 3.05) is 0 Å². The first kappa shape index (κ1) is 10.8. The van der Waals surface area contributed by atoms with Crippen molar-refractivity contribution in [3.05, 3.63) is 40.7 Å². The van der Waals surface area contributed by atoms with Crippen molar-refractivity contribution in [2.45, 2.75) is 10.8 Å². The monoisotopic (exact) mass is 260 g/mol. The van der Waals surface area contributed by atoms with Crippen LogP contribution in [-0.4, -0.2) is 9.97 Å². The lowest BCUT2D eigenvalue weighted by Crippen LogP contribution is -1.83. The summed E-state index contributed by atoms with van der Waals surface area (Å²) >= 11 is 12.8. The molecule has 3 nitrogen and oxygen atoms in total. The molecule has 0 spiro atoms. The molecule has 2 heterocycles. The summed E-state index contributed by atoms with van der Waals surface area (Å²) in [5.41, 5.74) is 0. The fourth-order valence-electron chi connectivity index (χ4n) is 0.949. The molecule has 0 aromatic carbocycles. The van der Waals surface area contributed by atoms with Crippen molar-refractivity contribution in [3.8, 4) is 0 Å². The molecule has 0 fully saturated rings. The van der Waals surface area contributed by atoms with Crippen LogP contribution in [0.1, 0.15) is 5.76 Å². The summed E-state index contributed by atoms with van der Waals surface area (Å²) in [6.07, 6.45) is 3.14. The molecule has 15 heavy (non-hydrogen) atoms. The average molecular weight is 261 g/mol. The van der Waals surface area contributed by atoms with E-state index >= 15 is 0 Å². The van der Waals surface area contributed by atoms with Gasteiger partial charge < -0.3 is 4.42 Å². The predicted molar refractivity (Wildman–Crippen MR) is 60.3 cm³/mol. The number of hydrogen-bond acceptors (Lipinski definition) is 4. The zero-order valence-electron chi connectivity index (χ0n) is 7.48. The maximum absolute atomic E-state index is 5.64. The van der Waals surface area contributed by atoms with Gasteiger partial charge in [0, 0.05) is 0 Å². The van der Waals surface area contributed by atoms with Crippen molar-refractivity contribution in [2.24, 2.45) is 0 Å². The summed E-state index contributed by atoms with van der Waals surface area (Å²) in [7, 11) is 0. The second kappa shape index (κ2) is 4.88. The van der Waals surface area contributed by atoms with Crippen molar-refractivity contribution in [1.29, 1.82) is 0 Å². The molecule has 0 unspecified atom stereocenters. The largest absolute Gasteiger partial charge is 0.449 e. The highest BCUT2D eigenvalue weighted by atomic mass is 35.5. The Kier molecular flexibility index (Phi) is 3.51. The van der Waals surface area contributed by atoms with Crippen LogP contribution in [0.3, 0.4) is 0 Å². The Morgan fingerprint density at radius 3 is 2.67 bits per heavy atom. The number of furan rings is 1. The molecular weight excluding hydrogens is 255 g/mol. The Bertz CT molecular complexity index is 444. The molecule has 2 aromatic rings. The van der Waals surface area contributed by atoms with E-state index in [2.05, 4.69) is 9.97 Å². The van der Waals surface area contributed by atoms with Gasteiger partial charge in [-0.3, -0.25) is 0 Å². The first-order valence-electron chi connectivity index (χ1n) is 4.08. The molecule has 0 aliphatic carbocycles. The highest BCUT2D eigenvalue weighted by Gasteiger charge is 2.02. The van der Waals surface area contributed by atoms with Crippen LogP contribution in [-0.2, 0) is 5.75 Å². The minimum atomic E-state index is 0.389. The Balaban J connectivity index is 1.96. The summed E-state index contributed by atoms with van der Waals surface area (Å²) in [4.78, 5) is 8.02. The molecule has 0 saturated carbocycles. The molecule has 0 amide bonds. The van der Waals surface area contributed by atoms with E-state index in [4.69, 9.17) is 27.6 Å². The lowest BCUT2D eigenvalue weighted by molar-refractivity contribution is 0.532. The van der Waals surface area contributed by atoms with E-state index < -0.39 is 0 Å². The lowest BCUT2D eigenvalue weighted by atomic mass is 10.5. The summed E-state index contributed by atoms with van der Waals surface area (Å²) in [6, 6.07) is 3.55. The third kappa shape index (κ3) is 3.12. The van der Waals surface area contributed by atoms with Gasteiger partial charge >= 0.3 is 0 Å². The van der Waals surface area contributed by atoms with Gasteiger partial charge in [0.15, 0.2) is 5.22 Å². The highest BCUT2D eigenvalue weighted by molar-refractivity contribution is 7.98. The van der Waals surface area contributed by atoms with Crippen LogP contribution in [0, 0.1) is 0 Å². The van der Waals surface area contributed by atoms with E-state index in [1.807, 2.05) is 6.07 Å². The van der Waals surface area contributed by atoms with Crippen molar-refractivity contribution < 1.29 is 4.42 Å². The number of hydrogen-bond donors (Lipinski definition) is 0. The second-order valence-corrected chi connectivity index (χ2v) is 4.43. The first-order chi connectivity index (χ1) is 7.24. The maximum Gasteiger partial charge on any atom is 0.193 e. The van der Waals surface area contributed by atoms with Crippen molar-refractivity contribution >= 4 is 35.0 Å². The molecule has 6 heteroatoms. The zero-order valence-corrected chi connectivity index (χ0v) is 9.81. The summed E-state index contributed by atoms with van der Waals surface area (Å²) in [5, 5.41) is 1.58. The minimum Gasteiger partial charge on any atom is -0.449 e. The molecule has 0 aliphatic rings. The quantitative estimate of drug-likeness (QED) is 0.790. The lowest BCUT2D eigenvalue weighted by Gasteiger charge is -1.97. The second-order valence-electron chi connectivity index (χ2n) is 2.67. The van der Waals surface area contributed by atoms with Crippen LogP contribution >= 0.6 is 35.0 Å². The Morgan fingerprint density at radius 2 is 2.07 bits per heavy atom. The third-order valence-corrected chi connectivity index (χ3v) is 2.92. The molecule has 0 radical (unpaired) electrons. The van der Waals surface area contributed by atoms with Crippen molar-refractivity contribution in [3.63, 3.8) is 0 Å². The van der Waals surface area contributed by atoms with E-state index in [0.29, 0.717) is 16.1 Å². The molecule has 0 N–H and O–H groups in total. The highest BCUT2D eigenvalue weighted by Crippen LogP contribution is 2.23. The van der Waals surface area contributed by atoms with Gasteiger partial charge in [-0.2, -0.15) is 0 Å². The normalized spacial score (nSPS) is 10.5. The van der Waals surface area contributed by atoms with Gasteiger partial charge in [-0.25, -0.2) is 9.97 Å². The molecule has 0 bridgehead atoms. The van der Waals surface area contributed by atoms with Crippen LogP contribution in [0.2, 0.25) is 10.4 Å². The molecule has 0 saturated heterocycles. The molecule has 0 atom stereocenters. The van der Waals surface area contributed by atoms with E-state index in [9.17, 15) is 0 Å². The topological polar surface area (TPSA) is 38.9 Å². The average Bonchev–Trinajstić information content (AvgIpc) is 2.64. The smallest absolute Gasteiger partial charge is 0.193 e. The van der Waals surface area contributed by atoms with Gasteiger partial charge in [-0.1, -0.05) is 23.4 Å².